The lowest BCUT2D eigenvalue weighted by molar-refractivity contribution is 0.513. The molecule has 0 aliphatic carbocycles. The van der Waals surface area contributed by atoms with E-state index in [2.05, 4.69) is 5.32 Å². The summed E-state index contributed by atoms with van der Waals surface area (Å²) in [5, 5.41) is 2.99. The molecule has 0 aliphatic rings. The van der Waals surface area contributed by atoms with E-state index in [1.807, 2.05) is 43.3 Å². The van der Waals surface area contributed by atoms with Gasteiger partial charge in [-0.3, -0.25) is 0 Å². The molecule has 0 fully saturated rings. The molecular weight excluding hydrogens is 167 g/mol. The Kier molecular flexibility index (Phi) is 3.55. The average Bonchev–Trinajstić information content (AvgIpc) is 2.15. The Balaban J connectivity index is 2.68. The highest BCUT2D eigenvalue weighted by Gasteiger charge is 1.96. The molecule has 0 aliphatic heterocycles. The molecular formula is C10H15FN2. The van der Waals surface area contributed by atoms with Crippen LogP contribution in [0.1, 0.15) is 0 Å². The molecule has 0 saturated carbocycles. The highest BCUT2D eigenvalue weighted by molar-refractivity contribution is 5.57. The summed E-state index contributed by atoms with van der Waals surface area (Å²) in [7, 11) is 3.96. The van der Waals surface area contributed by atoms with Gasteiger partial charge in [-0.15, -0.1) is 0 Å². The fourth-order valence-corrected chi connectivity index (χ4v) is 1.09. The molecule has 0 aromatic heterocycles. The fraction of sp³-hybridized carbons (Fsp3) is 0.400. The Morgan fingerprint density at radius 3 is 2.77 bits per heavy atom. The Morgan fingerprint density at radius 1 is 1.38 bits per heavy atom. The normalized spacial score (nSPS) is 9.77. The van der Waals surface area contributed by atoms with Gasteiger partial charge in [0.25, 0.3) is 0 Å². The standard InChI is InChI=1S/C10H15FN2/c1-13(2)10-5-3-4-9(8-10)12-7-6-11/h3-5,8,12H,6-7H2,1-2H3. The zero-order valence-corrected chi connectivity index (χ0v) is 8.05. The molecule has 1 aromatic carbocycles. The summed E-state index contributed by atoms with van der Waals surface area (Å²) in [5.74, 6) is 0. The second-order valence-electron chi connectivity index (χ2n) is 3.06. The molecule has 0 bridgehead atoms. The van der Waals surface area contributed by atoms with Gasteiger partial charge in [-0.25, -0.2) is 4.39 Å². The van der Waals surface area contributed by atoms with Crippen molar-refractivity contribution < 1.29 is 4.39 Å². The number of nitrogens with one attached hydrogen (secondary N) is 1. The number of hydrogen-bond donors (Lipinski definition) is 1. The highest BCUT2D eigenvalue weighted by Crippen LogP contribution is 2.16. The lowest BCUT2D eigenvalue weighted by Crippen LogP contribution is -2.09. The van der Waals surface area contributed by atoms with E-state index in [0.717, 1.165) is 11.4 Å². The number of benzene rings is 1. The first kappa shape index (κ1) is 9.84. The Hall–Kier alpha value is -1.25. The van der Waals surface area contributed by atoms with Crippen LogP contribution in [0.3, 0.4) is 0 Å². The molecule has 0 amide bonds. The van der Waals surface area contributed by atoms with Crippen LogP contribution >= 0.6 is 0 Å². The molecule has 0 spiro atoms. The van der Waals surface area contributed by atoms with Crippen LogP contribution in [-0.4, -0.2) is 27.3 Å². The fourth-order valence-electron chi connectivity index (χ4n) is 1.09. The van der Waals surface area contributed by atoms with E-state index in [0.29, 0.717) is 6.54 Å². The van der Waals surface area contributed by atoms with Crippen LogP contribution in [0.25, 0.3) is 0 Å². The Labute approximate surface area is 78.4 Å². The number of halogens is 1. The first-order chi connectivity index (χ1) is 6.24. The summed E-state index contributed by atoms with van der Waals surface area (Å²) in [5.41, 5.74) is 2.08. The average molecular weight is 182 g/mol. The summed E-state index contributed by atoms with van der Waals surface area (Å²) >= 11 is 0. The summed E-state index contributed by atoms with van der Waals surface area (Å²) in [6.45, 7) is 0.0308. The van der Waals surface area contributed by atoms with Crippen LogP contribution in [0.4, 0.5) is 15.8 Å². The van der Waals surface area contributed by atoms with Crippen molar-refractivity contribution >= 4 is 11.4 Å². The van der Waals surface area contributed by atoms with Gasteiger partial charge < -0.3 is 10.2 Å². The van der Waals surface area contributed by atoms with E-state index in [1.165, 1.54) is 0 Å². The second-order valence-corrected chi connectivity index (χ2v) is 3.06. The van der Waals surface area contributed by atoms with Crippen molar-refractivity contribution in [2.75, 3.05) is 37.5 Å². The Bertz CT molecular complexity index is 261. The zero-order chi connectivity index (χ0) is 9.68. The number of rotatable bonds is 4. The maximum absolute atomic E-state index is 11.9. The quantitative estimate of drug-likeness (QED) is 0.767. The third-order valence-electron chi connectivity index (χ3n) is 1.79. The lowest BCUT2D eigenvalue weighted by Gasteiger charge is -2.13. The number of anilines is 2. The summed E-state index contributed by atoms with van der Waals surface area (Å²) in [4.78, 5) is 2.01. The molecule has 3 heteroatoms. The van der Waals surface area contributed by atoms with Gasteiger partial charge >= 0.3 is 0 Å². The van der Waals surface area contributed by atoms with E-state index in [1.54, 1.807) is 0 Å². The first-order valence-corrected chi connectivity index (χ1v) is 4.31. The molecule has 72 valence electrons. The second kappa shape index (κ2) is 4.70. The van der Waals surface area contributed by atoms with Crippen LogP contribution in [0.15, 0.2) is 24.3 Å². The first-order valence-electron chi connectivity index (χ1n) is 4.31. The van der Waals surface area contributed by atoms with Crippen molar-refractivity contribution in [3.63, 3.8) is 0 Å². The van der Waals surface area contributed by atoms with Gasteiger partial charge in [0, 0.05) is 32.0 Å². The van der Waals surface area contributed by atoms with Crippen LogP contribution in [0.5, 0.6) is 0 Å². The number of hydrogen-bond acceptors (Lipinski definition) is 2. The van der Waals surface area contributed by atoms with Crippen molar-refractivity contribution in [2.24, 2.45) is 0 Å². The third-order valence-corrected chi connectivity index (χ3v) is 1.79. The van der Waals surface area contributed by atoms with Gasteiger partial charge in [0.2, 0.25) is 0 Å². The third kappa shape index (κ3) is 2.93. The predicted molar refractivity (Wildman–Crippen MR) is 55.2 cm³/mol. The Morgan fingerprint density at radius 2 is 2.15 bits per heavy atom. The molecule has 0 radical (unpaired) electrons. The van der Waals surface area contributed by atoms with Crippen molar-refractivity contribution in [1.29, 1.82) is 0 Å². The van der Waals surface area contributed by atoms with Gasteiger partial charge in [0.15, 0.2) is 0 Å². The van der Waals surface area contributed by atoms with Crippen molar-refractivity contribution in [2.45, 2.75) is 0 Å². The van der Waals surface area contributed by atoms with Crippen molar-refractivity contribution in [3.05, 3.63) is 24.3 Å². The van der Waals surface area contributed by atoms with Gasteiger partial charge in [-0.1, -0.05) is 6.07 Å². The topological polar surface area (TPSA) is 15.3 Å². The van der Waals surface area contributed by atoms with Crippen LogP contribution in [-0.2, 0) is 0 Å². The van der Waals surface area contributed by atoms with E-state index in [-0.39, 0.29) is 6.67 Å². The molecule has 1 rings (SSSR count). The molecule has 0 atom stereocenters. The van der Waals surface area contributed by atoms with Crippen molar-refractivity contribution in [1.82, 2.24) is 0 Å². The number of nitrogens with zero attached hydrogens (tertiary/aromatic N) is 1. The van der Waals surface area contributed by atoms with Gasteiger partial charge in [-0.2, -0.15) is 0 Å². The maximum Gasteiger partial charge on any atom is 0.107 e. The molecule has 1 aromatic rings. The number of alkyl halides is 1. The SMILES string of the molecule is CN(C)c1cccc(NCCF)c1. The minimum absolute atomic E-state index is 0.341. The van der Waals surface area contributed by atoms with E-state index in [9.17, 15) is 4.39 Å². The minimum Gasteiger partial charge on any atom is -0.382 e. The molecule has 1 N–H and O–H groups in total. The van der Waals surface area contributed by atoms with Gasteiger partial charge in [0.1, 0.15) is 6.67 Å². The lowest BCUT2D eigenvalue weighted by atomic mass is 10.2. The molecule has 2 nitrogen and oxygen atoms in total. The zero-order valence-electron chi connectivity index (χ0n) is 8.05. The van der Waals surface area contributed by atoms with Gasteiger partial charge in [-0.05, 0) is 18.2 Å². The van der Waals surface area contributed by atoms with Crippen LogP contribution < -0.4 is 10.2 Å². The van der Waals surface area contributed by atoms with Gasteiger partial charge in [0.05, 0.1) is 0 Å². The summed E-state index contributed by atoms with van der Waals surface area (Å²) < 4.78 is 11.9. The van der Waals surface area contributed by atoms with E-state index < -0.39 is 0 Å². The summed E-state index contributed by atoms with van der Waals surface area (Å²) in [6, 6.07) is 7.90. The molecule has 0 heterocycles. The molecule has 0 unspecified atom stereocenters. The largest absolute Gasteiger partial charge is 0.382 e. The summed E-state index contributed by atoms with van der Waals surface area (Å²) in [6.07, 6.45) is 0. The van der Waals surface area contributed by atoms with Crippen LogP contribution in [0, 0.1) is 0 Å². The predicted octanol–water partition coefficient (Wildman–Crippen LogP) is 2.13. The smallest absolute Gasteiger partial charge is 0.107 e. The molecule has 0 saturated heterocycles. The minimum atomic E-state index is -0.341. The van der Waals surface area contributed by atoms with Crippen molar-refractivity contribution in [3.8, 4) is 0 Å². The monoisotopic (exact) mass is 182 g/mol. The van der Waals surface area contributed by atoms with E-state index in [4.69, 9.17) is 0 Å². The highest BCUT2D eigenvalue weighted by atomic mass is 19.1. The maximum atomic E-state index is 11.9. The van der Waals surface area contributed by atoms with E-state index >= 15 is 0 Å². The molecule has 13 heavy (non-hydrogen) atoms. The van der Waals surface area contributed by atoms with Crippen LogP contribution in [0.2, 0.25) is 0 Å².